The lowest BCUT2D eigenvalue weighted by atomic mass is 10.0. The number of hydrogen-bond donors (Lipinski definition) is 2. The third-order valence-electron chi connectivity index (χ3n) is 5.96. The van der Waals surface area contributed by atoms with Crippen LogP contribution in [0.3, 0.4) is 0 Å². The maximum absolute atomic E-state index is 12.8. The second kappa shape index (κ2) is 20.8. The molecule has 2 rings (SSSR count). The number of carbonyl (C=O) groups excluding carboxylic acids is 2. The highest BCUT2D eigenvalue weighted by molar-refractivity contribution is 6.09. The van der Waals surface area contributed by atoms with Crippen LogP contribution in [0.1, 0.15) is 75.2 Å². The first-order valence-corrected chi connectivity index (χ1v) is 15.0. The Kier molecular flexibility index (Phi) is 17.5. The van der Waals surface area contributed by atoms with Crippen molar-refractivity contribution in [2.24, 2.45) is 5.73 Å². The minimum atomic E-state index is -0.428. The number of nitrogens with one attached hydrogen (secondary N) is 1. The predicted molar refractivity (Wildman–Crippen MR) is 165 cm³/mol. The molecule has 0 amide bonds. The van der Waals surface area contributed by atoms with Crippen LogP contribution in [0, 0.1) is 0 Å². The minimum Gasteiger partial charge on any atom is -0.494 e. The third kappa shape index (κ3) is 16.5. The highest BCUT2D eigenvalue weighted by Crippen LogP contribution is 2.17. The lowest BCUT2D eigenvalue weighted by Gasteiger charge is -2.19. The van der Waals surface area contributed by atoms with Crippen LogP contribution in [0.25, 0.3) is 0 Å². The van der Waals surface area contributed by atoms with Crippen LogP contribution in [-0.4, -0.2) is 76.7 Å². The monoisotopic (exact) mass is 586 g/mol. The van der Waals surface area contributed by atoms with Crippen LogP contribution in [0.5, 0.6) is 5.75 Å². The van der Waals surface area contributed by atoms with Gasteiger partial charge >= 0.3 is 5.97 Å². The standard InChI is InChI=1S/C33H50N2O7/c1-33(2,3)42-31(36)9-4-5-20-39-25-26-40-23-8-22-38-21-7-19-35-29-14-10-27(11-15-29)32(37)28-12-16-30(17-13-28)41-24-6-18-34/h10-17,35H,4-9,18-26,34H2,1-3H3. The fraction of sp³-hybridized carbons (Fsp3) is 0.576. The molecular formula is C33H50N2O7. The van der Waals surface area contributed by atoms with Gasteiger partial charge in [0.2, 0.25) is 0 Å². The minimum absolute atomic E-state index is 0.0212. The zero-order valence-corrected chi connectivity index (χ0v) is 25.7. The number of nitrogens with two attached hydrogens (primary N) is 1. The molecule has 0 bridgehead atoms. The Bertz CT molecular complexity index is 1000. The summed E-state index contributed by atoms with van der Waals surface area (Å²) in [5.74, 6) is 0.556. The van der Waals surface area contributed by atoms with Crippen LogP contribution >= 0.6 is 0 Å². The molecule has 2 aromatic carbocycles. The molecule has 0 atom stereocenters. The molecule has 9 nitrogen and oxygen atoms in total. The van der Waals surface area contributed by atoms with Gasteiger partial charge in [0.05, 0.1) is 19.8 Å². The van der Waals surface area contributed by atoms with Gasteiger partial charge in [-0.15, -0.1) is 0 Å². The fourth-order valence-corrected chi connectivity index (χ4v) is 3.84. The van der Waals surface area contributed by atoms with E-state index in [1.165, 1.54) is 0 Å². The third-order valence-corrected chi connectivity index (χ3v) is 5.96. The summed E-state index contributed by atoms with van der Waals surface area (Å²) in [4.78, 5) is 24.4. The van der Waals surface area contributed by atoms with Crippen molar-refractivity contribution in [3.63, 3.8) is 0 Å². The average Bonchev–Trinajstić information content (AvgIpc) is 2.96. The van der Waals surface area contributed by atoms with Crippen molar-refractivity contribution in [2.75, 3.05) is 64.7 Å². The maximum atomic E-state index is 12.8. The number of anilines is 1. The number of ether oxygens (including phenoxy) is 5. The maximum Gasteiger partial charge on any atom is 0.306 e. The molecule has 9 heteroatoms. The molecular weight excluding hydrogens is 536 g/mol. The molecule has 0 saturated heterocycles. The van der Waals surface area contributed by atoms with Gasteiger partial charge in [-0.2, -0.15) is 0 Å². The van der Waals surface area contributed by atoms with E-state index in [1.54, 1.807) is 12.1 Å². The van der Waals surface area contributed by atoms with Crippen molar-refractivity contribution in [3.05, 3.63) is 59.7 Å². The smallest absolute Gasteiger partial charge is 0.306 e. The van der Waals surface area contributed by atoms with E-state index in [9.17, 15) is 9.59 Å². The Morgan fingerprint density at radius 2 is 1.26 bits per heavy atom. The van der Waals surface area contributed by atoms with E-state index >= 15 is 0 Å². The molecule has 0 aliphatic carbocycles. The molecule has 0 aliphatic rings. The molecule has 0 saturated carbocycles. The molecule has 0 radical (unpaired) electrons. The zero-order valence-electron chi connectivity index (χ0n) is 25.7. The first kappa shape index (κ1) is 35.2. The number of carbonyl (C=O) groups is 2. The SMILES string of the molecule is CC(C)(C)OC(=O)CCCCOCCOCCCOCCCNc1ccc(C(=O)c2ccc(OCCCN)cc2)cc1. The van der Waals surface area contributed by atoms with Gasteiger partial charge in [0.25, 0.3) is 0 Å². The van der Waals surface area contributed by atoms with E-state index in [0.717, 1.165) is 50.1 Å². The Morgan fingerprint density at radius 3 is 1.88 bits per heavy atom. The number of rotatable bonds is 23. The quantitative estimate of drug-likeness (QED) is 0.100. The molecule has 0 heterocycles. The van der Waals surface area contributed by atoms with Gasteiger partial charge in [-0.3, -0.25) is 9.59 Å². The van der Waals surface area contributed by atoms with Crippen molar-refractivity contribution < 1.29 is 33.3 Å². The molecule has 0 spiro atoms. The highest BCUT2D eigenvalue weighted by atomic mass is 16.6. The molecule has 0 unspecified atom stereocenters. The lowest BCUT2D eigenvalue weighted by Crippen LogP contribution is -2.23. The lowest BCUT2D eigenvalue weighted by molar-refractivity contribution is -0.155. The Labute approximate surface area is 251 Å². The summed E-state index contributed by atoms with van der Waals surface area (Å²) in [6.07, 6.45) is 4.52. The van der Waals surface area contributed by atoms with Crippen LogP contribution in [0.2, 0.25) is 0 Å². The first-order valence-electron chi connectivity index (χ1n) is 15.0. The van der Waals surface area contributed by atoms with Gasteiger partial charge in [-0.05, 0) is 108 Å². The highest BCUT2D eigenvalue weighted by Gasteiger charge is 2.15. The largest absolute Gasteiger partial charge is 0.494 e. The van der Waals surface area contributed by atoms with E-state index < -0.39 is 5.60 Å². The van der Waals surface area contributed by atoms with E-state index in [4.69, 9.17) is 29.4 Å². The number of unbranched alkanes of at least 4 members (excludes halogenated alkanes) is 1. The summed E-state index contributed by atoms with van der Waals surface area (Å²) >= 11 is 0. The van der Waals surface area contributed by atoms with Crippen molar-refractivity contribution in [2.45, 2.75) is 64.9 Å². The van der Waals surface area contributed by atoms with Gasteiger partial charge in [0.1, 0.15) is 11.4 Å². The van der Waals surface area contributed by atoms with Crippen LogP contribution in [-0.2, 0) is 23.7 Å². The second-order valence-electron chi connectivity index (χ2n) is 10.9. The number of ketones is 1. The fourth-order valence-electron chi connectivity index (χ4n) is 3.84. The van der Waals surface area contributed by atoms with Crippen molar-refractivity contribution in [3.8, 4) is 5.75 Å². The second-order valence-corrected chi connectivity index (χ2v) is 10.9. The summed E-state index contributed by atoms with van der Waals surface area (Å²) in [5.41, 5.74) is 7.29. The van der Waals surface area contributed by atoms with Crippen molar-refractivity contribution >= 4 is 17.4 Å². The van der Waals surface area contributed by atoms with Gasteiger partial charge in [0.15, 0.2) is 5.78 Å². The summed E-state index contributed by atoms with van der Waals surface area (Å²) in [5, 5.41) is 3.36. The number of hydrogen-bond acceptors (Lipinski definition) is 9. The summed E-state index contributed by atoms with van der Waals surface area (Å²) in [6.45, 7) is 11.2. The summed E-state index contributed by atoms with van der Waals surface area (Å²) < 4.78 is 27.7. The molecule has 234 valence electrons. The van der Waals surface area contributed by atoms with Gasteiger partial charge in [-0.25, -0.2) is 0 Å². The summed E-state index contributed by atoms with van der Waals surface area (Å²) in [7, 11) is 0. The van der Waals surface area contributed by atoms with E-state index in [0.29, 0.717) is 70.3 Å². The topological polar surface area (TPSA) is 118 Å². The van der Waals surface area contributed by atoms with E-state index in [2.05, 4.69) is 5.32 Å². The number of benzene rings is 2. The first-order chi connectivity index (χ1) is 20.3. The predicted octanol–water partition coefficient (Wildman–Crippen LogP) is 5.40. The summed E-state index contributed by atoms with van der Waals surface area (Å²) in [6, 6.07) is 14.7. The van der Waals surface area contributed by atoms with E-state index in [-0.39, 0.29) is 11.8 Å². The van der Waals surface area contributed by atoms with Crippen molar-refractivity contribution in [1.82, 2.24) is 0 Å². The Balaban J connectivity index is 1.42. The normalized spacial score (nSPS) is 11.3. The average molecular weight is 587 g/mol. The zero-order chi connectivity index (χ0) is 30.5. The molecule has 0 aromatic heterocycles. The molecule has 42 heavy (non-hydrogen) atoms. The Morgan fingerprint density at radius 1 is 0.690 bits per heavy atom. The Hall–Kier alpha value is -2.98. The van der Waals surface area contributed by atoms with Gasteiger partial charge < -0.3 is 34.7 Å². The van der Waals surface area contributed by atoms with E-state index in [1.807, 2.05) is 57.2 Å². The van der Waals surface area contributed by atoms with Crippen LogP contribution < -0.4 is 15.8 Å². The van der Waals surface area contributed by atoms with Gasteiger partial charge in [0, 0.05) is 56.2 Å². The van der Waals surface area contributed by atoms with Crippen LogP contribution in [0.15, 0.2) is 48.5 Å². The molecule has 0 aliphatic heterocycles. The molecule has 2 aromatic rings. The van der Waals surface area contributed by atoms with Gasteiger partial charge in [-0.1, -0.05) is 0 Å². The molecule has 3 N–H and O–H groups in total. The van der Waals surface area contributed by atoms with Crippen LogP contribution in [0.4, 0.5) is 5.69 Å². The molecule has 0 fully saturated rings. The van der Waals surface area contributed by atoms with Crippen molar-refractivity contribution in [1.29, 1.82) is 0 Å². The number of esters is 1.